The van der Waals surface area contributed by atoms with Crippen LogP contribution in [0.4, 0.5) is 10.1 Å². The molecule has 1 amide bonds. The Bertz CT molecular complexity index is 1120. The number of nitrogens with one attached hydrogen (secondary N) is 2. The monoisotopic (exact) mass is 455 g/mol. The smallest absolute Gasteiger partial charge is 0.261 e. The molecule has 1 atom stereocenters. The third kappa shape index (κ3) is 5.55. The molecule has 1 unspecified atom stereocenters. The normalized spacial score (nSPS) is 18.0. The van der Waals surface area contributed by atoms with Gasteiger partial charge in [-0.15, -0.1) is 0 Å². The summed E-state index contributed by atoms with van der Waals surface area (Å²) < 4.78 is 64.8. The van der Waals surface area contributed by atoms with Gasteiger partial charge in [-0.3, -0.25) is 9.52 Å². The molecule has 162 valence electrons. The quantitative estimate of drug-likeness (QED) is 0.690. The van der Waals surface area contributed by atoms with Gasteiger partial charge in [0.05, 0.1) is 11.2 Å². The molecule has 1 fully saturated rings. The lowest BCUT2D eigenvalue weighted by Crippen LogP contribution is -2.49. The maximum Gasteiger partial charge on any atom is 0.261 e. The van der Waals surface area contributed by atoms with Crippen molar-refractivity contribution in [1.82, 2.24) is 9.62 Å². The minimum atomic E-state index is -3.89. The molecule has 0 spiro atoms. The van der Waals surface area contributed by atoms with Crippen molar-refractivity contribution >= 4 is 31.6 Å². The van der Waals surface area contributed by atoms with Crippen molar-refractivity contribution in [3.63, 3.8) is 0 Å². The van der Waals surface area contributed by atoms with Gasteiger partial charge in [0.2, 0.25) is 10.0 Å². The van der Waals surface area contributed by atoms with Gasteiger partial charge in [0.25, 0.3) is 15.9 Å². The van der Waals surface area contributed by atoms with Gasteiger partial charge in [-0.2, -0.15) is 0 Å². The van der Waals surface area contributed by atoms with Crippen LogP contribution in [0.5, 0.6) is 0 Å². The average Bonchev–Trinajstić information content (AvgIpc) is 2.68. The van der Waals surface area contributed by atoms with E-state index in [1.165, 1.54) is 28.6 Å². The molecule has 0 radical (unpaired) electrons. The molecule has 11 heteroatoms. The SMILES string of the molecule is CS(=O)(=O)N1CCCC(NC(=O)c2ccc(NS(=O)(=O)c3ccc(F)cc3)cc2)C1. The molecule has 2 aromatic rings. The van der Waals surface area contributed by atoms with E-state index in [1.54, 1.807) is 0 Å². The molecule has 1 saturated heterocycles. The molecule has 1 aliphatic rings. The van der Waals surface area contributed by atoms with Crippen molar-refractivity contribution in [3.8, 4) is 0 Å². The number of amides is 1. The second-order valence-electron chi connectivity index (χ2n) is 7.07. The molecule has 0 aromatic heterocycles. The molecule has 3 rings (SSSR count). The van der Waals surface area contributed by atoms with Gasteiger partial charge in [-0.25, -0.2) is 25.5 Å². The molecule has 30 heavy (non-hydrogen) atoms. The van der Waals surface area contributed by atoms with Crippen LogP contribution in [0.1, 0.15) is 23.2 Å². The predicted octanol–water partition coefficient (Wildman–Crippen LogP) is 1.78. The van der Waals surface area contributed by atoms with Gasteiger partial charge >= 0.3 is 0 Å². The van der Waals surface area contributed by atoms with Gasteiger partial charge < -0.3 is 5.32 Å². The summed E-state index contributed by atoms with van der Waals surface area (Å²) in [6, 6.07) is 9.95. The van der Waals surface area contributed by atoms with Crippen molar-refractivity contribution < 1.29 is 26.0 Å². The molecule has 0 bridgehead atoms. The number of carbonyl (C=O) groups excluding carboxylic acids is 1. The highest BCUT2D eigenvalue weighted by molar-refractivity contribution is 7.92. The Labute approximate surface area is 175 Å². The van der Waals surface area contributed by atoms with Crippen molar-refractivity contribution in [2.24, 2.45) is 0 Å². The van der Waals surface area contributed by atoms with Gasteiger partial charge in [-0.05, 0) is 61.4 Å². The standard InChI is InChI=1S/C19H22FN3O5S2/c1-29(25,26)23-12-2-3-17(13-23)21-19(24)14-4-8-16(9-5-14)22-30(27,28)18-10-6-15(20)7-11-18/h4-11,17,22H,2-3,12-13H2,1H3,(H,21,24). The largest absolute Gasteiger partial charge is 0.348 e. The maximum absolute atomic E-state index is 13.0. The topological polar surface area (TPSA) is 113 Å². The number of halogens is 1. The summed E-state index contributed by atoms with van der Waals surface area (Å²) >= 11 is 0. The van der Waals surface area contributed by atoms with Crippen LogP contribution < -0.4 is 10.0 Å². The third-order valence-electron chi connectivity index (χ3n) is 4.71. The van der Waals surface area contributed by atoms with Crippen LogP contribution >= 0.6 is 0 Å². The molecule has 8 nitrogen and oxygen atoms in total. The van der Waals surface area contributed by atoms with E-state index >= 15 is 0 Å². The van der Waals surface area contributed by atoms with Gasteiger partial charge in [0, 0.05) is 30.4 Å². The van der Waals surface area contributed by atoms with E-state index in [0.717, 1.165) is 30.5 Å². The number of carbonyl (C=O) groups is 1. The first-order valence-electron chi connectivity index (χ1n) is 9.19. The van der Waals surface area contributed by atoms with Crippen LogP contribution in [0, 0.1) is 5.82 Å². The Morgan fingerprint density at radius 3 is 2.27 bits per heavy atom. The van der Waals surface area contributed by atoms with E-state index in [1.807, 2.05) is 0 Å². The number of benzene rings is 2. The summed E-state index contributed by atoms with van der Waals surface area (Å²) in [5, 5.41) is 2.82. The van der Waals surface area contributed by atoms with Crippen molar-refractivity contribution in [3.05, 3.63) is 59.9 Å². The summed E-state index contributed by atoms with van der Waals surface area (Å²) in [6.45, 7) is 0.661. The molecular weight excluding hydrogens is 433 g/mol. The minimum Gasteiger partial charge on any atom is -0.348 e. The Hall–Kier alpha value is -2.50. The highest BCUT2D eigenvalue weighted by Gasteiger charge is 2.27. The van der Waals surface area contributed by atoms with Crippen LogP contribution in [0.3, 0.4) is 0 Å². The fourth-order valence-corrected chi connectivity index (χ4v) is 5.12. The van der Waals surface area contributed by atoms with E-state index < -0.39 is 25.9 Å². The fourth-order valence-electron chi connectivity index (χ4n) is 3.15. The molecule has 2 aromatic carbocycles. The zero-order valence-corrected chi connectivity index (χ0v) is 17.8. The minimum absolute atomic E-state index is 0.0848. The Kier molecular flexibility index (Phi) is 6.44. The highest BCUT2D eigenvalue weighted by Crippen LogP contribution is 2.18. The zero-order chi connectivity index (χ0) is 21.9. The lowest BCUT2D eigenvalue weighted by molar-refractivity contribution is 0.0921. The molecule has 2 N–H and O–H groups in total. The Morgan fingerprint density at radius 1 is 1.03 bits per heavy atom. The molecule has 1 aliphatic heterocycles. The first-order chi connectivity index (χ1) is 14.0. The number of hydrogen-bond acceptors (Lipinski definition) is 5. The van der Waals surface area contributed by atoms with Gasteiger partial charge in [-0.1, -0.05) is 0 Å². The number of anilines is 1. The van der Waals surface area contributed by atoms with Crippen LogP contribution in [-0.4, -0.2) is 52.4 Å². The van der Waals surface area contributed by atoms with Crippen LogP contribution in [0.2, 0.25) is 0 Å². The maximum atomic E-state index is 13.0. The van der Waals surface area contributed by atoms with Crippen LogP contribution in [0.25, 0.3) is 0 Å². The summed E-state index contributed by atoms with van der Waals surface area (Å²) in [7, 11) is -7.20. The summed E-state index contributed by atoms with van der Waals surface area (Å²) in [6.07, 6.45) is 2.47. The lowest BCUT2D eigenvalue weighted by atomic mass is 10.1. The molecule has 0 aliphatic carbocycles. The van der Waals surface area contributed by atoms with Crippen molar-refractivity contribution in [2.75, 3.05) is 24.1 Å². The van der Waals surface area contributed by atoms with Crippen LogP contribution in [-0.2, 0) is 20.0 Å². The van der Waals surface area contributed by atoms with E-state index in [9.17, 15) is 26.0 Å². The number of hydrogen-bond donors (Lipinski definition) is 2. The van der Waals surface area contributed by atoms with Crippen molar-refractivity contribution in [2.45, 2.75) is 23.8 Å². The number of rotatable bonds is 6. The van der Waals surface area contributed by atoms with E-state index in [2.05, 4.69) is 10.0 Å². The molecule has 0 saturated carbocycles. The number of sulfonamides is 2. The number of piperidine rings is 1. The second kappa shape index (κ2) is 8.70. The van der Waals surface area contributed by atoms with Crippen molar-refractivity contribution in [1.29, 1.82) is 0 Å². The summed E-state index contributed by atoms with van der Waals surface area (Å²) in [5.41, 5.74) is 0.563. The van der Waals surface area contributed by atoms with E-state index in [4.69, 9.17) is 0 Å². The third-order valence-corrected chi connectivity index (χ3v) is 7.38. The van der Waals surface area contributed by atoms with E-state index in [-0.39, 0.29) is 29.1 Å². The van der Waals surface area contributed by atoms with Crippen LogP contribution in [0.15, 0.2) is 53.4 Å². The summed E-state index contributed by atoms with van der Waals surface area (Å²) in [4.78, 5) is 12.4. The highest BCUT2D eigenvalue weighted by atomic mass is 32.2. The van der Waals surface area contributed by atoms with Gasteiger partial charge in [0.15, 0.2) is 0 Å². The lowest BCUT2D eigenvalue weighted by Gasteiger charge is -2.31. The first kappa shape index (κ1) is 22.2. The zero-order valence-electron chi connectivity index (χ0n) is 16.2. The molecule has 1 heterocycles. The molecular formula is C19H22FN3O5S2. The van der Waals surface area contributed by atoms with Gasteiger partial charge in [0.1, 0.15) is 5.82 Å². The fraction of sp³-hybridized carbons (Fsp3) is 0.316. The Morgan fingerprint density at radius 2 is 1.67 bits per heavy atom. The van der Waals surface area contributed by atoms with E-state index in [0.29, 0.717) is 24.9 Å². The number of nitrogens with zero attached hydrogens (tertiary/aromatic N) is 1. The Balaban J connectivity index is 1.63. The first-order valence-corrected chi connectivity index (χ1v) is 12.5. The average molecular weight is 456 g/mol. The summed E-state index contributed by atoms with van der Waals surface area (Å²) in [5.74, 6) is -0.912. The predicted molar refractivity (Wildman–Crippen MR) is 111 cm³/mol. The second-order valence-corrected chi connectivity index (χ2v) is 10.7.